The van der Waals surface area contributed by atoms with E-state index in [2.05, 4.69) is 15.0 Å². The third-order valence-electron chi connectivity index (χ3n) is 3.42. The summed E-state index contributed by atoms with van der Waals surface area (Å²) in [4.78, 5) is 12.5. The van der Waals surface area contributed by atoms with Gasteiger partial charge in [0.1, 0.15) is 19.4 Å². The van der Waals surface area contributed by atoms with Gasteiger partial charge in [0.2, 0.25) is 11.8 Å². The van der Waals surface area contributed by atoms with Gasteiger partial charge in [0.05, 0.1) is 19.5 Å². The Hall–Kier alpha value is -2.75. The fourth-order valence-corrected chi connectivity index (χ4v) is 2.20. The minimum atomic E-state index is -0.931. The second kappa shape index (κ2) is 7.88. The van der Waals surface area contributed by atoms with Gasteiger partial charge in [0, 0.05) is 0 Å². The highest BCUT2D eigenvalue weighted by Gasteiger charge is 2.14. The molecule has 25 heavy (non-hydrogen) atoms. The first-order valence-corrected chi connectivity index (χ1v) is 7.69. The van der Waals surface area contributed by atoms with Crippen LogP contribution in [-0.2, 0) is 18.1 Å². The molecule has 2 heterocycles. The Kier molecular flexibility index (Phi) is 5.39. The summed E-state index contributed by atoms with van der Waals surface area (Å²) in [6, 6.07) is 9.67. The van der Waals surface area contributed by atoms with Crippen molar-refractivity contribution in [2.75, 3.05) is 18.9 Å². The second-order valence-electron chi connectivity index (χ2n) is 5.38. The summed E-state index contributed by atoms with van der Waals surface area (Å²) in [5, 5.41) is 18.1. The number of fused-ring (bicyclic) bond motifs is 1. The van der Waals surface area contributed by atoms with Gasteiger partial charge in [0.25, 0.3) is 0 Å². The number of aliphatic hydroxyl groups excluding tert-OH is 2. The van der Waals surface area contributed by atoms with Gasteiger partial charge in [-0.2, -0.15) is 9.97 Å². The quantitative estimate of drug-likeness (QED) is 0.532. The Morgan fingerprint density at radius 2 is 2.00 bits per heavy atom. The Morgan fingerprint density at radius 3 is 2.76 bits per heavy atom. The van der Waals surface area contributed by atoms with Crippen LogP contribution in [0.4, 0.5) is 5.95 Å². The molecule has 4 N–H and O–H groups in total. The number of aliphatic hydroxyl groups is 2. The van der Waals surface area contributed by atoms with Gasteiger partial charge in [-0.3, -0.25) is 4.57 Å². The number of nitrogens with zero attached hydrogens (tertiary/aromatic N) is 4. The first-order chi connectivity index (χ1) is 12.2. The third kappa shape index (κ3) is 4.21. The molecule has 3 rings (SSSR count). The molecule has 9 heteroatoms. The van der Waals surface area contributed by atoms with Crippen LogP contribution in [0.1, 0.15) is 5.56 Å². The minimum absolute atomic E-state index is 0.00585. The van der Waals surface area contributed by atoms with Crippen molar-refractivity contribution in [3.05, 3.63) is 42.2 Å². The lowest BCUT2D eigenvalue weighted by Crippen LogP contribution is -2.20. The minimum Gasteiger partial charge on any atom is -0.471 e. The number of benzene rings is 1. The molecule has 0 saturated heterocycles. The van der Waals surface area contributed by atoms with Crippen molar-refractivity contribution in [2.24, 2.45) is 0 Å². The number of hydrogen-bond acceptors (Lipinski definition) is 8. The molecule has 0 aliphatic carbocycles. The van der Waals surface area contributed by atoms with Gasteiger partial charge in [-0.25, -0.2) is 4.98 Å². The lowest BCUT2D eigenvalue weighted by atomic mass is 10.2. The van der Waals surface area contributed by atoms with Crippen LogP contribution >= 0.6 is 0 Å². The van der Waals surface area contributed by atoms with Crippen molar-refractivity contribution in [2.45, 2.75) is 19.4 Å². The van der Waals surface area contributed by atoms with Gasteiger partial charge >= 0.3 is 0 Å². The van der Waals surface area contributed by atoms with Crippen molar-refractivity contribution in [3.8, 4) is 5.88 Å². The monoisotopic (exact) mass is 345 g/mol. The number of nitrogen functional groups attached to an aromatic ring is 1. The van der Waals surface area contributed by atoms with Gasteiger partial charge in [-0.15, -0.1) is 0 Å². The average molecular weight is 345 g/mol. The van der Waals surface area contributed by atoms with Crippen molar-refractivity contribution in [1.29, 1.82) is 0 Å². The van der Waals surface area contributed by atoms with Crippen LogP contribution in [0.2, 0.25) is 0 Å². The number of rotatable bonds is 8. The lowest BCUT2D eigenvalue weighted by molar-refractivity contribution is -0.0163. The van der Waals surface area contributed by atoms with E-state index in [1.807, 2.05) is 30.3 Å². The number of ether oxygens (including phenoxy) is 2. The highest BCUT2D eigenvalue weighted by atomic mass is 16.5. The molecule has 0 aliphatic heterocycles. The molecule has 0 saturated carbocycles. The van der Waals surface area contributed by atoms with E-state index in [1.165, 1.54) is 6.33 Å². The van der Waals surface area contributed by atoms with Crippen molar-refractivity contribution < 1.29 is 19.7 Å². The standard InChI is InChI=1S/C16H19N5O4/c17-16-19-14-13(18-9-21(14)10-24-8-12(23)6-22)15(20-16)25-7-11-4-2-1-3-5-11/h1-5,9,12,22-23H,6-8,10H2,(H2,17,19,20). The Labute approximate surface area is 143 Å². The SMILES string of the molecule is Nc1nc(OCc2ccccc2)c2ncn(COCC(O)CO)c2n1. The van der Waals surface area contributed by atoms with Gasteiger partial charge < -0.3 is 25.4 Å². The molecule has 1 atom stereocenters. The number of nitrogens with two attached hydrogens (primary N) is 1. The molecule has 2 aromatic heterocycles. The Morgan fingerprint density at radius 1 is 1.20 bits per heavy atom. The maximum absolute atomic E-state index is 9.30. The summed E-state index contributed by atoms with van der Waals surface area (Å²) >= 11 is 0. The normalized spacial score (nSPS) is 12.4. The fraction of sp³-hybridized carbons (Fsp3) is 0.312. The van der Waals surface area contributed by atoms with E-state index in [0.717, 1.165) is 5.56 Å². The molecule has 0 radical (unpaired) electrons. The Bertz CT molecular complexity index is 824. The number of aromatic nitrogens is 4. The predicted molar refractivity (Wildman–Crippen MR) is 89.6 cm³/mol. The predicted octanol–water partition coefficient (Wildman–Crippen LogP) is 0.315. The molecule has 0 bridgehead atoms. The van der Waals surface area contributed by atoms with E-state index >= 15 is 0 Å². The van der Waals surface area contributed by atoms with E-state index in [9.17, 15) is 5.11 Å². The van der Waals surface area contributed by atoms with Crippen LogP contribution in [0, 0.1) is 0 Å². The maximum Gasteiger partial charge on any atom is 0.247 e. The summed E-state index contributed by atoms with van der Waals surface area (Å²) in [6.45, 7) is 0.0615. The third-order valence-corrected chi connectivity index (χ3v) is 3.42. The van der Waals surface area contributed by atoms with Crippen LogP contribution in [-0.4, -0.2) is 49.0 Å². The first kappa shape index (κ1) is 17.1. The van der Waals surface area contributed by atoms with Crippen LogP contribution in [0.3, 0.4) is 0 Å². The summed E-state index contributed by atoms with van der Waals surface area (Å²) in [6.07, 6.45) is 0.596. The van der Waals surface area contributed by atoms with E-state index in [0.29, 0.717) is 23.7 Å². The number of imidazole rings is 1. The highest BCUT2D eigenvalue weighted by Crippen LogP contribution is 2.22. The van der Waals surface area contributed by atoms with E-state index in [4.69, 9.17) is 20.3 Å². The van der Waals surface area contributed by atoms with Crippen molar-refractivity contribution >= 4 is 17.1 Å². The molecule has 0 fully saturated rings. The van der Waals surface area contributed by atoms with Crippen molar-refractivity contribution in [3.63, 3.8) is 0 Å². The number of hydrogen-bond donors (Lipinski definition) is 3. The van der Waals surface area contributed by atoms with Gasteiger partial charge in [-0.05, 0) is 5.56 Å². The van der Waals surface area contributed by atoms with Gasteiger partial charge in [-0.1, -0.05) is 30.3 Å². The molecule has 9 nitrogen and oxygen atoms in total. The molecule has 0 spiro atoms. The molecule has 132 valence electrons. The summed E-state index contributed by atoms with van der Waals surface area (Å²) in [7, 11) is 0. The molecule has 3 aromatic rings. The van der Waals surface area contributed by atoms with Crippen molar-refractivity contribution in [1.82, 2.24) is 19.5 Å². The van der Waals surface area contributed by atoms with E-state index < -0.39 is 6.10 Å². The molecule has 0 aliphatic rings. The Balaban J connectivity index is 1.76. The highest BCUT2D eigenvalue weighted by molar-refractivity contribution is 5.77. The van der Waals surface area contributed by atoms with Gasteiger partial charge in [0.15, 0.2) is 11.2 Å². The molecular weight excluding hydrogens is 326 g/mol. The molecule has 1 unspecified atom stereocenters. The summed E-state index contributed by atoms with van der Waals surface area (Å²) < 4.78 is 12.7. The fourth-order valence-electron chi connectivity index (χ4n) is 2.20. The zero-order valence-electron chi connectivity index (χ0n) is 13.4. The second-order valence-corrected chi connectivity index (χ2v) is 5.38. The zero-order chi connectivity index (χ0) is 17.6. The zero-order valence-corrected chi connectivity index (χ0v) is 13.4. The lowest BCUT2D eigenvalue weighted by Gasteiger charge is -2.10. The largest absolute Gasteiger partial charge is 0.471 e. The summed E-state index contributed by atoms with van der Waals surface area (Å²) in [5.74, 6) is 0.355. The van der Waals surface area contributed by atoms with E-state index in [1.54, 1.807) is 4.57 Å². The molecular formula is C16H19N5O4. The average Bonchev–Trinajstić information content (AvgIpc) is 3.03. The maximum atomic E-state index is 9.30. The molecule has 0 amide bonds. The topological polar surface area (TPSA) is 129 Å². The summed E-state index contributed by atoms with van der Waals surface area (Å²) in [5.41, 5.74) is 7.69. The smallest absolute Gasteiger partial charge is 0.247 e. The molecule has 1 aromatic carbocycles. The van der Waals surface area contributed by atoms with E-state index in [-0.39, 0.29) is 25.9 Å². The van der Waals surface area contributed by atoms with Crippen LogP contribution in [0.15, 0.2) is 36.7 Å². The number of anilines is 1. The van der Waals surface area contributed by atoms with Crippen LogP contribution in [0.25, 0.3) is 11.2 Å². The van der Waals surface area contributed by atoms with Crippen LogP contribution < -0.4 is 10.5 Å². The first-order valence-electron chi connectivity index (χ1n) is 7.69. The van der Waals surface area contributed by atoms with Crippen LogP contribution in [0.5, 0.6) is 5.88 Å².